The van der Waals surface area contributed by atoms with Crippen LogP contribution in [0.25, 0.3) is 5.69 Å². The lowest BCUT2D eigenvalue weighted by molar-refractivity contribution is -0.137. The van der Waals surface area contributed by atoms with Crippen LogP contribution >= 0.6 is 0 Å². The average molecular weight is 414 g/mol. The number of benzene rings is 2. The van der Waals surface area contributed by atoms with Crippen molar-refractivity contribution in [1.29, 1.82) is 5.26 Å². The van der Waals surface area contributed by atoms with Gasteiger partial charge in [-0.1, -0.05) is 24.3 Å². The zero-order valence-electron chi connectivity index (χ0n) is 15.2. The number of esters is 1. The summed E-state index contributed by atoms with van der Waals surface area (Å²) in [6.45, 7) is -0.764. The summed E-state index contributed by atoms with van der Waals surface area (Å²) in [7, 11) is 0. The predicted molar refractivity (Wildman–Crippen MR) is 98.6 cm³/mol. The standard InChI is InChI=1S/C20H13F3N4O3/c21-20(22,23)15-6-4-5-13(9-15)19(29)30-12-17(28)26-18-14(10-24)11-25-27(18)16-7-2-1-3-8-16/h1-9,11H,12H2,(H,26,28). The molecule has 0 aliphatic heterocycles. The van der Waals surface area contributed by atoms with Crippen molar-refractivity contribution < 1.29 is 27.5 Å². The van der Waals surface area contributed by atoms with Crippen LogP contribution in [0.1, 0.15) is 21.5 Å². The molecule has 2 aromatic carbocycles. The quantitative estimate of drug-likeness (QED) is 0.644. The van der Waals surface area contributed by atoms with Crippen molar-refractivity contribution in [3.63, 3.8) is 0 Å². The zero-order valence-corrected chi connectivity index (χ0v) is 15.2. The summed E-state index contributed by atoms with van der Waals surface area (Å²) in [6, 6.07) is 14.2. The Morgan fingerprint density at radius 1 is 1.13 bits per heavy atom. The largest absolute Gasteiger partial charge is 0.452 e. The fraction of sp³-hybridized carbons (Fsp3) is 0.100. The van der Waals surface area contributed by atoms with Crippen LogP contribution < -0.4 is 5.32 Å². The van der Waals surface area contributed by atoms with Crippen molar-refractivity contribution in [2.24, 2.45) is 0 Å². The number of nitrogens with zero attached hydrogens (tertiary/aromatic N) is 3. The van der Waals surface area contributed by atoms with Crippen LogP contribution in [-0.2, 0) is 15.7 Å². The van der Waals surface area contributed by atoms with Crippen molar-refractivity contribution in [3.05, 3.63) is 77.5 Å². The number of aromatic nitrogens is 2. The number of alkyl halides is 3. The zero-order chi connectivity index (χ0) is 21.7. The number of carbonyl (C=O) groups excluding carboxylic acids is 2. The number of para-hydroxylation sites is 1. The van der Waals surface area contributed by atoms with E-state index in [1.165, 1.54) is 10.9 Å². The first kappa shape index (κ1) is 20.6. The number of rotatable bonds is 5. The van der Waals surface area contributed by atoms with E-state index in [1.54, 1.807) is 30.3 Å². The summed E-state index contributed by atoms with van der Waals surface area (Å²) in [5.41, 5.74) is -0.692. The molecule has 0 aliphatic rings. The molecule has 0 saturated heterocycles. The Morgan fingerprint density at radius 2 is 1.87 bits per heavy atom. The van der Waals surface area contributed by atoms with Gasteiger partial charge in [0.2, 0.25) is 0 Å². The monoisotopic (exact) mass is 414 g/mol. The van der Waals surface area contributed by atoms with E-state index in [4.69, 9.17) is 4.74 Å². The maximum atomic E-state index is 12.8. The minimum atomic E-state index is -4.61. The van der Waals surface area contributed by atoms with E-state index < -0.39 is 30.2 Å². The highest BCUT2D eigenvalue weighted by atomic mass is 19.4. The highest BCUT2D eigenvalue weighted by molar-refractivity contribution is 5.96. The molecule has 1 aromatic heterocycles. The van der Waals surface area contributed by atoms with Crippen molar-refractivity contribution >= 4 is 17.7 Å². The summed E-state index contributed by atoms with van der Waals surface area (Å²) in [4.78, 5) is 24.2. The molecule has 0 bridgehead atoms. The topological polar surface area (TPSA) is 97.0 Å². The highest BCUT2D eigenvalue weighted by Gasteiger charge is 2.31. The third-order valence-electron chi connectivity index (χ3n) is 3.91. The molecule has 0 unspecified atom stereocenters. The molecule has 152 valence electrons. The number of amides is 1. The maximum absolute atomic E-state index is 12.8. The molecular formula is C20H13F3N4O3. The summed E-state index contributed by atoms with van der Waals surface area (Å²) in [5.74, 6) is -1.80. The lowest BCUT2D eigenvalue weighted by atomic mass is 10.1. The highest BCUT2D eigenvalue weighted by Crippen LogP contribution is 2.29. The van der Waals surface area contributed by atoms with Crippen molar-refractivity contribution in [1.82, 2.24) is 9.78 Å². The average Bonchev–Trinajstić information content (AvgIpc) is 3.14. The molecule has 1 heterocycles. The normalized spacial score (nSPS) is 10.9. The Kier molecular flexibility index (Phi) is 5.83. The van der Waals surface area contributed by atoms with Gasteiger partial charge in [-0.2, -0.15) is 23.5 Å². The van der Waals surface area contributed by atoms with Crippen LogP contribution in [0.5, 0.6) is 0 Å². The van der Waals surface area contributed by atoms with Gasteiger partial charge in [-0.15, -0.1) is 0 Å². The van der Waals surface area contributed by atoms with Crippen molar-refractivity contribution in [3.8, 4) is 11.8 Å². The third kappa shape index (κ3) is 4.64. The number of nitriles is 1. The molecule has 1 N–H and O–H groups in total. The van der Waals surface area contributed by atoms with Crippen LogP contribution in [0, 0.1) is 11.3 Å². The van der Waals surface area contributed by atoms with Crippen LogP contribution in [0.3, 0.4) is 0 Å². The first-order chi connectivity index (χ1) is 14.3. The van der Waals surface area contributed by atoms with E-state index in [2.05, 4.69) is 10.4 Å². The summed E-state index contributed by atoms with van der Waals surface area (Å²) in [6.07, 6.45) is -3.35. The molecule has 3 aromatic rings. The molecule has 30 heavy (non-hydrogen) atoms. The van der Waals surface area contributed by atoms with E-state index in [9.17, 15) is 28.0 Å². The third-order valence-corrected chi connectivity index (χ3v) is 3.91. The second-order valence-electron chi connectivity index (χ2n) is 5.97. The van der Waals surface area contributed by atoms with E-state index in [-0.39, 0.29) is 16.9 Å². The molecule has 3 rings (SSSR count). The maximum Gasteiger partial charge on any atom is 0.416 e. The van der Waals surface area contributed by atoms with Gasteiger partial charge in [0, 0.05) is 0 Å². The Labute approximate surface area is 168 Å². The van der Waals surface area contributed by atoms with Crippen LogP contribution in [0.2, 0.25) is 0 Å². The van der Waals surface area contributed by atoms with Crippen LogP contribution in [0.4, 0.5) is 19.0 Å². The van der Waals surface area contributed by atoms with Gasteiger partial charge >= 0.3 is 12.1 Å². The Morgan fingerprint density at radius 3 is 2.53 bits per heavy atom. The second-order valence-corrected chi connectivity index (χ2v) is 5.97. The number of hydrogen-bond acceptors (Lipinski definition) is 5. The molecule has 10 heteroatoms. The smallest absolute Gasteiger partial charge is 0.416 e. The van der Waals surface area contributed by atoms with Gasteiger partial charge in [0.25, 0.3) is 5.91 Å². The van der Waals surface area contributed by atoms with Gasteiger partial charge < -0.3 is 10.1 Å². The van der Waals surface area contributed by atoms with E-state index in [0.717, 1.165) is 18.2 Å². The number of nitrogens with one attached hydrogen (secondary N) is 1. The minimum absolute atomic E-state index is 0.0730. The molecular weight excluding hydrogens is 401 g/mol. The SMILES string of the molecule is N#Cc1cnn(-c2ccccc2)c1NC(=O)COC(=O)c1cccc(C(F)(F)F)c1. The van der Waals surface area contributed by atoms with E-state index >= 15 is 0 Å². The number of ether oxygens (including phenoxy) is 1. The molecule has 0 saturated carbocycles. The Hall–Kier alpha value is -4.13. The van der Waals surface area contributed by atoms with Gasteiger partial charge in [0.05, 0.1) is 23.0 Å². The minimum Gasteiger partial charge on any atom is -0.452 e. The predicted octanol–water partition coefficient (Wildman–Crippen LogP) is 3.56. The van der Waals surface area contributed by atoms with Crippen molar-refractivity contribution in [2.45, 2.75) is 6.18 Å². The van der Waals surface area contributed by atoms with Gasteiger partial charge in [0.1, 0.15) is 11.6 Å². The molecule has 7 nitrogen and oxygen atoms in total. The van der Waals surface area contributed by atoms with Crippen LogP contribution in [-0.4, -0.2) is 28.3 Å². The Bertz CT molecular complexity index is 1120. The second kappa shape index (κ2) is 8.48. The van der Waals surface area contributed by atoms with E-state index in [1.807, 2.05) is 6.07 Å². The lowest BCUT2D eigenvalue weighted by Crippen LogP contribution is -2.23. The lowest BCUT2D eigenvalue weighted by Gasteiger charge is -2.11. The molecule has 0 radical (unpaired) electrons. The molecule has 1 amide bonds. The number of anilines is 1. The Balaban J connectivity index is 1.69. The number of carbonyl (C=O) groups is 2. The molecule has 0 fully saturated rings. The first-order valence-corrected chi connectivity index (χ1v) is 8.47. The van der Waals surface area contributed by atoms with Gasteiger partial charge in [-0.05, 0) is 30.3 Å². The van der Waals surface area contributed by atoms with Gasteiger partial charge in [0.15, 0.2) is 12.4 Å². The van der Waals surface area contributed by atoms with E-state index in [0.29, 0.717) is 11.8 Å². The number of halogens is 3. The molecule has 0 atom stereocenters. The summed E-state index contributed by atoms with van der Waals surface area (Å²) < 4.78 is 44.4. The molecule has 0 spiro atoms. The van der Waals surface area contributed by atoms with Crippen molar-refractivity contribution in [2.75, 3.05) is 11.9 Å². The number of hydrogen-bond donors (Lipinski definition) is 1. The van der Waals surface area contributed by atoms with Crippen LogP contribution in [0.15, 0.2) is 60.8 Å². The summed E-state index contributed by atoms with van der Waals surface area (Å²) in [5, 5.41) is 15.7. The fourth-order valence-corrected chi connectivity index (χ4v) is 2.52. The summed E-state index contributed by atoms with van der Waals surface area (Å²) >= 11 is 0. The fourth-order valence-electron chi connectivity index (χ4n) is 2.52. The van der Waals surface area contributed by atoms with Gasteiger partial charge in [-0.25, -0.2) is 9.48 Å². The first-order valence-electron chi connectivity index (χ1n) is 8.47. The molecule has 0 aliphatic carbocycles. The van der Waals surface area contributed by atoms with Gasteiger partial charge in [-0.3, -0.25) is 4.79 Å².